The molecule has 12 heavy (non-hydrogen) atoms. The Morgan fingerprint density at radius 2 is 2.08 bits per heavy atom. The van der Waals surface area contributed by atoms with Gasteiger partial charge < -0.3 is 4.90 Å². The summed E-state index contributed by atoms with van der Waals surface area (Å²) in [6, 6.07) is 0. The molecule has 0 radical (unpaired) electrons. The number of alkyl halides is 3. The van der Waals surface area contributed by atoms with Gasteiger partial charge >= 0.3 is 6.18 Å². The third kappa shape index (κ3) is 1.97. The highest BCUT2D eigenvalue weighted by atomic mass is 19.4. The van der Waals surface area contributed by atoms with Crippen molar-refractivity contribution in [2.24, 2.45) is 5.92 Å². The van der Waals surface area contributed by atoms with Gasteiger partial charge in [0.25, 0.3) is 0 Å². The molecule has 0 N–H and O–H groups in total. The minimum absolute atomic E-state index is 0.234. The second-order valence-electron chi connectivity index (χ2n) is 3.11. The zero-order valence-corrected chi connectivity index (χ0v) is 6.69. The first kappa shape index (κ1) is 9.51. The third-order valence-corrected chi connectivity index (χ3v) is 2.04. The fraction of sp³-hybridized carbons (Fsp3) is 0.857. The fourth-order valence-electron chi connectivity index (χ4n) is 1.38. The van der Waals surface area contributed by atoms with Gasteiger partial charge in [-0.15, -0.1) is 0 Å². The molecule has 0 spiro atoms. The molecular weight excluding hydrogens is 171 g/mol. The van der Waals surface area contributed by atoms with Crippen LogP contribution in [0.4, 0.5) is 13.2 Å². The summed E-state index contributed by atoms with van der Waals surface area (Å²) in [7, 11) is 1.71. The number of hydrogen-bond acceptors (Lipinski definition) is 2. The van der Waals surface area contributed by atoms with Crippen LogP contribution >= 0.6 is 0 Å². The van der Waals surface area contributed by atoms with Crippen LogP contribution in [0.1, 0.15) is 6.42 Å². The van der Waals surface area contributed by atoms with E-state index in [1.165, 1.54) is 0 Å². The summed E-state index contributed by atoms with van der Waals surface area (Å²) in [5, 5.41) is 0. The SMILES string of the molecule is CN1CCC(C(=O)C(F)(F)F)C1. The lowest BCUT2D eigenvalue weighted by Gasteiger charge is -2.11. The second-order valence-corrected chi connectivity index (χ2v) is 3.11. The molecule has 0 aliphatic carbocycles. The minimum atomic E-state index is -4.66. The van der Waals surface area contributed by atoms with E-state index in [1.54, 1.807) is 11.9 Å². The van der Waals surface area contributed by atoms with Crippen molar-refractivity contribution < 1.29 is 18.0 Å². The molecule has 0 bridgehead atoms. The quantitative estimate of drug-likeness (QED) is 0.603. The van der Waals surface area contributed by atoms with Gasteiger partial charge in [-0.1, -0.05) is 0 Å². The molecule has 1 saturated heterocycles. The summed E-state index contributed by atoms with van der Waals surface area (Å²) in [6.07, 6.45) is -4.33. The van der Waals surface area contributed by atoms with Crippen molar-refractivity contribution in [3.63, 3.8) is 0 Å². The van der Waals surface area contributed by atoms with Gasteiger partial charge in [0.15, 0.2) is 0 Å². The molecule has 1 heterocycles. The van der Waals surface area contributed by atoms with Crippen molar-refractivity contribution in [3.05, 3.63) is 0 Å². The van der Waals surface area contributed by atoms with E-state index >= 15 is 0 Å². The van der Waals surface area contributed by atoms with Crippen LogP contribution in [-0.4, -0.2) is 37.0 Å². The van der Waals surface area contributed by atoms with Crippen LogP contribution in [0, 0.1) is 5.92 Å². The lowest BCUT2D eigenvalue weighted by molar-refractivity contribution is -0.175. The van der Waals surface area contributed by atoms with Gasteiger partial charge in [-0.25, -0.2) is 0 Å². The Balaban J connectivity index is 2.55. The monoisotopic (exact) mass is 181 g/mol. The lowest BCUT2D eigenvalue weighted by Crippen LogP contribution is -2.31. The summed E-state index contributed by atoms with van der Waals surface area (Å²) in [6.45, 7) is 0.810. The zero-order chi connectivity index (χ0) is 9.35. The smallest absolute Gasteiger partial charge is 0.306 e. The van der Waals surface area contributed by atoms with Crippen molar-refractivity contribution in [1.29, 1.82) is 0 Å². The van der Waals surface area contributed by atoms with Gasteiger partial charge in [-0.05, 0) is 20.0 Å². The number of Topliss-reactive ketones (excluding diaryl/α,β-unsaturated/α-hetero) is 1. The van der Waals surface area contributed by atoms with Gasteiger partial charge in [0.2, 0.25) is 5.78 Å². The summed E-state index contributed by atoms with van der Waals surface area (Å²) in [5.41, 5.74) is 0. The van der Waals surface area contributed by atoms with Crippen LogP contribution in [0.25, 0.3) is 0 Å². The zero-order valence-electron chi connectivity index (χ0n) is 6.69. The molecule has 1 aliphatic heterocycles. The Morgan fingerprint density at radius 3 is 2.42 bits per heavy atom. The lowest BCUT2D eigenvalue weighted by atomic mass is 10.0. The standard InChI is InChI=1S/C7H10F3NO/c1-11-3-2-5(4-11)6(12)7(8,9)10/h5H,2-4H2,1H3. The van der Waals surface area contributed by atoms with E-state index in [2.05, 4.69) is 0 Å². The molecular formula is C7H10F3NO. The molecule has 1 rings (SSSR count). The number of carbonyl (C=O) groups excluding carboxylic acids is 1. The topological polar surface area (TPSA) is 20.3 Å². The summed E-state index contributed by atoms with van der Waals surface area (Å²) < 4.78 is 35.6. The molecule has 70 valence electrons. The number of carbonyl (C=O) groups is 1. The minimum Gasteiger partial charge on any atom is -0.306 e. The second kappa shape index (κ2) is 3.05. The highest BCUT2D eigenvalue weighted by Crippen LogP contribution is 2.26. The van der Waals surface area contributed by atoms with Crippen molar-refractivity contribution in [2.45, 2.75) is 12.6 Å². The Bertz CT molecular complexity index is 190. The molecule has 0 aromatic carbocycles. The maximum absolute atomic E-state index is 11.9. The van der Waals surface area contributed by atoms with Gasteiger partial charge in [-0.2, -0.15) is 13.2 Å². The summed E-state index contributed by atoms with van der Waals surface area (Å²) in [4.78, 5) is 12.4. The Kier molecular flexibility index (Phi) is 2.41. The first-order valence-electron chi connectivity index (χ1n) is 3.71. The number of rotatable bonds is 1. The third-order valence-electron chi connectivity index (χ3n) is 2.04. The van der Waals surface area contributed by atoms with Crippen LogP contribution in [0.3, 0.4) is 0 Å². The van der Waals surface area contributed by atoms with Crippen molar-refractivity contribution >= 4 is 5.78 Å². The van der Waals surface area contributed by atoms with E-state index in [1.807, 2.05) is 0 Å². The number of ketones is 1. The van der Waals surface area contributed by atoms with Crippen LogP contribution < -0.4 is 0 Å². The molecule has 1 fully saturated rings. The van der Waals surface area contributed by atoms with E-state index in [9.17, 15) is 18.0 Å². The maximum atomic E-state index is 11.9. The summed E-state index contributed by atoms with van der Waals surface area (Å²) in [5.74, 6) is -2.41. The molecule has 0 saturated carbocycles. The highest BCUT2D eigenvalue weighted by molar-refractivity contribution is 5.86. The number of hydrogen-bond donors (Lipinski definition) is 0. The summed E-state index contributed by atoms with van der Waals surface area (Å²) >= 11 is 0. The number of nitrogens with zero attached hydrogens (tertiary/aromatic N) is 1. The average molecular weight is 181 g/mol. The molecule has 1 aliphatic rings. The first-order chi connectivity index (χ1) is 5.41. The van der Waals surface area contributed by atoms with E-state index in [0.29, 0.717) is 13.0 Å². The number of halogens is 3. The molecule has 0 aromatic heterocycles. The van der Waals surface area contributed by atoms with Gasteiger partial charge in [0, 0.05) is 12.5 Å². The molecule has 1 atom stereocenters. The maximum Gasteiger partial charge on any atom is 0.450 e. The van der Waals surface area contributed by atoms with E-state index in [-0.39, 0.29) is 6.54 Å². The Hall–Kier alpha value is -0.580. The molecule has 0 amide bonds. The van der Waals surface area contributed by atoms with Crippen molar-refractivity contribution in [3.8, 4) is 0 Å². The van der Waals surface area contributed by atoms with E-state index in [0.717, 1.165) is 0 Å². The van der Waals surface area contributed by atoms with Gasteiger partial charge in [0.05, 0.1) is 0 Å². The largest absolute Gasteiger partial charge is 0.450 e. The van der Waals surface area contributed by atoms with Crippen LogP contribution in [0.2, 0.25) is 0 Å². The Labute approximate surface area is 68.3 Å². The van der Waals surface area contributed by atoms with Gasteiger partial charge in [-0.3, -0.25) is 4.79 Å². The predicted molar refractivity (Wildman–Crippen MR) is 36.7 cm³/mol. The van der Waals surface area contributed by atoms with E-state index in [4.69, 9.17) is 0 Å². The number of likely N-dealkylation sites (tertiary alicyclic amines) is 1. The first-order valence-corrected chi connectivity index (χ1v) is 3.71. The van der Waals surface area contributed by atoms with Crippen molar-refractivity contribution in [2.75, 3.05) is 20.1 Å². The van der Waals surface area contributed by atoms with E-state index < -0.39 is 17.9 Å². The Morgan fingerprint density at radius 1 is 1.50 bits per heavy atom. The predicted octanol–water partition coefficient (Wildman–Crippen LogP) is 1.07. The average Bonchev–Trinajstić information content (AvgIpc) is 2.32. The molecule has 0 aromatic rings. The molecule has 1 unspecified atom stereocenters. The van der Waals surface area contributed by atoms with Crippen LogP contribution in [0.15, 0.2) is 0 Å². The highest BCUT2D eigenvalue weighted by Gasteiger charge is 2.44. The molecule has 2 nitrogen and oxygen atoms in total. The molecule has 5 heteroatoms. The van der Waals surface area contributed by atoms with Crippen molar-refractivity contribution in [1.82, 2.24) is 4.90 Å². The van der Waals surface area contributed by atoms with Gasteiger partial charge in [0.1, 0.15) is 0 Å². The van der Waals surface area contributed by atoms with Crippen LogP contribution in [-0.2, 0) is 4.79 Å². The normalized spacial score (nSPS) is 26.2. The van der Waals surface area contributed by atoms with Crippen LogP contribution in [0.5, 0.6) is 0 Å². The fourth-order valence-corrected chi connectivity index (χ4v) is 1.38.